The van der Waals surface area contributed by atoms with E-state index in [-0.39, 0.29) is 12.8 Å². The molecule has 0 radical (unpaired) electrons. The van der Waals surface area contributed by atoms with Crippen LogP contribution >= 0.6 is 15.2 Å². The van der Waals surface area contributed by atoms with Gasteiger partial charge in [-0.2, -0.15) is 0 Å². The van der Waals surface area contributed by atoms with Gasteiger partial charge in [0.1, 0.15) is 0 Å². The van der Waals surface area contributed by atoms with Gasteiger partial charge in [0.15, 0.2) is 5.78 Å². The average molecular weight is 329 g/mol. The first-order valence-electron chi connectivity index (χ1n) is 5.98. The summed E-state index contributed by atoms with van der Waals surface area (Å²) in [4.78, 5) is 60.7. The molecule has 0 saturated carbocycles. The van der Waals surface area contributed by atoms with Crippen LogP contribution in [0.1, 0.15) is 38.5 Å². The van der Waals surface area contributed by atoms with Gasteiger partial charge in [0.2, 0.25) is 5.91 Å². The van der Waals surface area contributed by atoms with Crippen molar-refractivity contribution < 1.29 is 38.3 Å². The van der Waals surface area contributed by atoms with Crippen molar-refractivity contribution in [3.63, 3.8) is 0 Å². The SMILES string of the molecule is O=C1CCCCCCC(=O)C(P(=O)(O)O)(P(=O)(O)O)N1. The Morgan fingerprint density at radius 1 is 0.850 bits per heavy atom. The van der Waals surface area contributed by atoms with Crippen molar-refractivity contribution in [2.24, 2.45) is 0 Å². The Kier molecular flexibility index (Phi) is 5.29. The smallest absolute Gasteiger partial charge is 0.324 e. The number of amides is 1. The Hall–Kier alpha value is -0.560. The van der Waals surface area contributed by atoms with Gasteiger partial charge in [0.25, 0.3) is 0 Å². The minimum atomic E-state index is -5.61. The largest absolute Gasteiger partial charge is 0.371 e. The van der Waals surface area contributed by atoms with E-state index in [2.05, 4.69) is 0 Å². The molecule has 0 bridgehead atoms. The molecule has 1 aliphatic heterocycles. The number of hydrogen-bond acceptors (Lipinski definition) is 4. The first-order chi connectivity index (χ1) is 9.02. The molecule has 1 saturated heterocycles. The minimum Gasteiger partial charge on any atom is -0.324 e. The molecule has 0 aliphatic carbocycles. The van der Waals surface area contributed by atoms with Crippen LogP contribution in [0.25, 0.3) is 0 Å². The molecule has 0 aromatic heterocycles. The van der Waals surface area contributed by atoms with Gasteiger partial charge in [0.05, 0.1) is 0 Å². The van der Waals surface area contributed by atoms with E-state index in [1.54, 1.807) is 5.32 Å². The second kappa shape index (κ2) is 6.05. The summed E-state index contributed by atoms with van der Waals surface area (Å²) in [5, 5.41) is -1.85. The molecule has 0 aromatic rings. The highest BCUT2D eigenvalue weighted by Gasteiger charge is 2.66. The zero-order valence-electron chi connectivity index (χ0n) is 10.6. The molecule has 1 fully saturated rings. The molecule has 20 heavy (non-hydrogen) atoms. The van der Waals surface area contributed by atoms with E-state index in [1.807, 2.05) is 0 Å². The fourth-order valence-corrected chi connectivity index (χ4v) is 4.84. The lowest BCUT2D eigenvalue weighted by Gasteiger charge is -2.34. The monoisotopic (exact) mass is 329 g/mol. The Morgan fingerprint density at radius 3 is 1.75 bits per heavy atom. The van der Waals surface area contributed by atoms with Gasteiger partial charge < -0.3 is 24.9 Å². The number of carbonyl (C=O) groups is 2. The Labute approximate surface area is 115 Å². The van der Waals surface area contributed by atoms with Gasteiger partial charge in [0, 0.05) is 12.8 Å². The van der Waals surface area contributed by atoms with E-state index in [1.165, 1.54) is 0 Å². The van der Waals surface area contributed by atoms with Crippen LogP contribution in [0.4, 0.5) is 0 Å². The molecule has 0 spiro atoms. The van der Waals surface area contributed by atoms with Gasteiger partial charge in [-0.3, -0.25) is 18.7 Å². The van der Waals surface area contributed by atoms with Crippen LogP contribution < -0.4 is 5.32 Å². The highest BCUT2D eigenvalue weighted by molar-refractivity contribution is 7.74. The number of nitrogens with one attached hydrogen (secondary N) is 1. The summed E-state index contributed by atoms with van der Waals surface area (Å²) < 4.78 is 23.1. The van der Waals surface area contributed by atoms with Crippen LogP contribution in [0, 0.1) is 0 Å². The Bertz CT molecular complexity index is 470. The summed E-state index contributed by atoms with van der Waals surface area (Å²) in [6.07, 6.45) is 1.28. The van der Waals surface area contributed by atoms with Crippen molar-refractivity contribution in [3.8, 4) is 0 Å². The lowest BCUT2D eigenvalue weighted by atomic mass is 10.1. The van der Waals surface area contributed by atoms with Crippen LogP contribution in [0.3, 0.4) is 0 Å². The molecule has 1 aliphatic rings. The van der Waals surface area contributed by atoms with E-state index in [0.29, 0.717) is 19.3 Å². The van der Waals surface area contributed by atoms with Gasteiger partial charge >= 0.3 is 20.2 Å². The fourth-order valence-electron chi connectivity index (χ4n) is 2.07. The van der Waals surface area contributed by atoms with Gasteiger partial charge in [-0.15, -0.1) is 0 Å². The van der Waals surface area contributed by atoms with Crippen molar-refractivity contribution in [2.45, 2.75) is 43.5 Å². The molecular weight excluding hydrogens is 312 g/mol. The van der Waals surface area contributed by atoms with Gasteiger partial charge in [-0.25, -0.2) is 0 Å². The van der Waals surface area contributed by atoms with Gasteiger partial charge in [-0.1, -0.05) is 12.8 Å². The maximum atomic E-state index is 12.0. The topological polar surface area (TPSA) is 161 Å². The minimum absolute atomic E-state index is 0.158. The first-order valence-corrected chi connectivity index (χ1v) is 9.20. The van der Waals surface area contributed by atoms with Crippen molar-refractivity contribution >= 4 is 26.9 Å². The highest BCUT2D eigenvalue weighted by Crippen LogP contribution is 2.68. The van der Waals surface area contributed by atoms with E-state index in [0.717, 1.165) is 0 Å². The predicted molar refractivity (Wildman–Crippen MR) is 67.7 cm³/mol. The molecule has 5 N–H and O–H groups in total. The zero-order valence-corrected chi connectivity index (χ0v) is 12.3. The third-order valence-electron chi connectivity index (χ3n) is 3.10. The number of carbonyl (C=O) groups excluding carboxylic acids is 2. The molecule has 1 rings (SSSR count). The summed E-state index contributed by atoms with van der Waals surface area (Å²) in [7, 11) is -11.2. The molecular formula is C9H17NO8P2. The molecule has 1 heterocycles. The number of ketones is 1. The summed E-state index contributed by atoms with van der Waals surface area (Å²) in [5.41, 5.74) is 0. The number of rotatable bonds is 2. The highest BCUT2D eigenvalue weighted by atomic mass is 31.2. The molecule has 0 atom stereocenters. The number of Topliss-reactive ketones (excluding diaryl/α,β-unsaturated/α-hetero) is 1. The van der Waals surface area contributed by atoms with E-state index in [9.17, 15) is 38.3 Å². The van der Waals surface area contributed by atoms with E-state index >= 15 is 0 Å². The summed E-state index contributed by atoms with van der Waals surface area (Å²) >= 11 is 0. The van der Waals surface area contributed by atoms with E-state index in [4.69, 9.17) is 0 Å². The Morgan fingerprint density at radius 2 is 1.30 bits per heavy atom. The zero-order chi connectivity index (χ0) is 15.6. The standard InChI is InChI=1S/C9H17NO8P2/c11-7-5-3-1-2-4-6-8(12)10-9(7,19(13,14)15)20(16,17)18/h1-6H2,(H,10,12)(H2,13,14,15)(H2,16,17,18). The lowest BCUT2D eigenvalue weighted by Crippen LogP contribution is -2.53. The lowest BCUT2D eigenvalue weighted by molar-refractivity contribution is -0.128. The van der Waals surface area contributed by atoms with Crippen LogP contribution in [0.2, 0.25) is 0 Å². The van der Waals surface area contributed by atoms with Crippen LogP contribution in [-0.2, 0) is 18.7 Å². The normalized spacial score (nSPS) is 22.2. The number of hydrogen-bond donors (Lipinski definition) is 5. The second-order valence-electron chi connectivity index (χ2n) is 4.65. The molecule has 11 heteroatoms. The quantitative estimate of drug-likeness (QED) is 0.443. The maximum absolute atomic E-state index is 12.0. The van der Waals surface area contributed by atoms with Gasteiger partial charge in [-0.05, 0) is 12.8 Å². The predicted octanol–water partition coefficient (Wildman–Crippen LogP) is 0.0351. The third-order valence-corrected chi connectivity index (χ3v) is 7.08. The molecule has 0 aromatic carbocycles. The van der Waals surface area contributed by atoms with Crippen molar-refractivity contribution in [3.05, 3.63) is 0 Å². The Balaban J connectivity index is 3.38. The van der Waals surface area contributed by atoms with Crippen molar-refractivity contribution in [1.29, 1.82) is 0 Å². The summed E-state index contributed by atoms with van der Waals surface area (Å²) in [5.74, 6) is -2.30. The molecule has 9 nitrogen and oxygen atoms in total. The first kappa shape index (κ1) is 17.5. The molecule has 0 unspecified atom stereocenters. The summed E-state index contributed by atoms with van der Waals surface area (Å²) in [6, 6.07) is 0. The molecule has 1 amide bonds. The third kappa shape index (κ3) is 3.36. The average Bonchev–Trinajstić information content (AvgIpc) is 2.26. The summed E-state index contributed by atoms with van der Waals surface area (Å²) in [6.45, 7) is 0. The van der Waals surface area contributed by atoms with Crippen LogP contribution in [0.5, 0.6) is 0 Å². The second-order valence-corrected chi connectivity index (χ2v) is 8.52. The fraction of sp³-hybridized carbons (Fsp3) is 0.778. The van der Waals surface area contributed by atoms with Crippen molar-refractivity contribution in [2.75, 3.05) is 0 Å². The van der Waals surface area contributed by atoms with Crippen molar-refractivity contribution in [1.82, 2.24) is 5.32 Å². The maximum Gasteiger partial charge on any atom is 0.371 e. The van der Waals surface area contributed by atoms with Crippen LogP contribution in [-0.4, -0.2) is 36.3 Å². The van der Waals surface area contributed by atoms with E-state index < -0.39 is 38.3 Å². The van der Waals surface area contributed by atoms with Crippen LogP contribution in [0.15, 0.2) is 0 Å². The molecule has 116 valence electrons.